The molecule has 0 unspecified atom stereocenters. The molecule has 0 saturated carbocycles. The molecule has 2 aromatic heterocycles. The van der Waals surface area contributed by atoms with Crippen LogP contribution in [0.15, 0.2) is 0 Å². The van der Waals surface area contributed by atoms with Crippen molar-refractivity contribution in [3.8, 4) is 0 Å². The Bertz CT molecular complexity index is 609. The topological polar surface area (TPSA) is 38.9 Å². The van der Waals surface area contributed by atoms with Crippen molar-refractivity contribution in [3.63, 3.8) is 0 Å². The smallest absolute Gasteiger partial charge is 0.158 e. The largest absolute Gasteiger partial charge is 0.311 e. The Kier molecular flexibility index (Phi) is 4.50. The first-order valence-electron chi connectivity index (χ1n) is 7.94. The van der Waals surface area contributed by atoms with E-state index in [2.05, 4.69) is 21.5 Å². The van der Waals surface area contributed by atoms with Gasteiger partial charge in [-0.05, 0) is 32.4 Å². The van der Waals surface area contributed by atoms with Gasteiger partial charge >= 0.3 is 0 Å². The summed E-state index contributed by atoms with van der Waals surface area (Å²) < 4.78 is 4.20. The van der Waals surface area contributed by atoms with Crippen LogP contribution < -0.4 is 0 Å². The van der Waals surface area contributed by atoms with E-state index >= 15 is 0 Å². The van der Waals surface area contributed by atoms with Crippen molar-refractivity contribution in [1.82, 2.24) is 24.2 Å². The van der Waals surface area contributed by atoms with Gasteiger partial charge < -0.3 is 9.47 Å². The van der Waals surface area contributed by atoms with E-state index in [1.165, 1.54) is 32.4 Å². The molecule has 2 aromatic rings. The van der Waals surface area contributed by atoms with Crippen molar-refractivity contribution >= 4 is 22.8 Å². The second kappa shape index (κ2) is 6.36. The average molecular weight is 310 g/mol. The monoisotopic (exact) mass is 309 g/mol. The van der Waals surface area contributed by atoms with Crippen LogP contribution in [0.2, 0.25) is 0 Å². The van der Waals surface area contributed by atoms with Gasteiger partial charge in [-0.25, -0.2) is 4.98 Å². The van der Waals surface area contributed by atoms with E-state index in [4.69, 9.17) is 16.6 Å². The van der Waals surface area contributed by atoms with Gasteiger partial charge in [0.1, 0.15) is 11.3 Å². The molecule has 0 amide bonds. The number of hydrogen-bond acceptors (Lipinski definition) is 3. The predicted octanol–water partition coefficient (Wildman–Crippen LogP) is 2.56. The Morgan fingerprint density at radius 3 is 2.57 bits per heavy atom. The molecule has 0 bridgehead atoms. The Hall–Kier alpha value is -1.07. The van der Waals surface area contributed by atoms with Gasteiger partial charge in [0.2, 0.25) is 0 Å². The Morgan fingerprint density at radius 1 is 1.14 bits per heavy atom. The van der Waals surface area contributed by atoms with Crippen molar-refractivity contribution in [3.05, 3.63) is 11.5 Å². The maximum Gasteiger partial charge on any atom is 0.158 e. The minimum atomic E-state index is 0.456. The van der Waals surface area contributed by atoms with Crippen molar-refractivity contribution < 1.29 is 0 Å². The molecule has 3 rings (SSSR count). The number of imidazole rings is 1. The molecular weight excluding hydrogens is 286 g/mol. The summed E-state index contributed by atoms with van der Waals surface area (Å²) in [4.78, 5) is 7.26. The lowest BCUT2D eigenvalue weighted by atomic mass is 10.1. The molecule has 0 spiro atoms. The number of nitrogens with zero attached hydrogens (tertiary/aromatic N) is 5. The number of piperidine rings is 1. The normalized spacial score (nSPS) is 16.9. The molecule has 21 heavy (non-hydrogen) atoms. The molecule has 0 N–H and O–H groups in total. The second-order valence-corrected chi connectivity index (χ2v) is 6.08. The molecule has 5 nitrogen and oxygen atoms in total. The molecule has 1 aliphatic rings. The molecule has 0 aliphatic carbocycles. The predicted molar refractivity (Wildman–Crippen MR) is 85.7 cm³/mol. The highest BCUT2D eigenvalue weighted by Crippen LogP contribution is 2.21. The van der Waals surface area contributed by atoms with Gasteiger partial charge in [-0.3, -0.25) is 4.68 Å². The van der Waals surface area contributed by atoms with Crippen LogP contribution in [0.5, 0.6) is 0 Å². The fraction of sp³-hybridized carbons (Fsp3) is 0.733. The summed E-state index contributed by atoms with van der Waals surface area (Å²) >= 11 is 6.10. The third kappa shape index (κ3) is 2.81. The van der Waals surface area contributed by atoms with Crippen molar-refractivity contribution in [2.24, 2.45) is 7.05 Å². The average Bonchev–Trinajstić information content (AvgIpc) is 3.03. The van der Waals surface area contributed by atoms with E-state index in [0.717, 1.165) is 42.2 Å². The van der Waals surface area contributed by atoms with Gasteiger partial charge in [-0.15, -0.1) is 11.6 Å². The second-order valence-electron chi connectivity index (χ2n) is 5.81. The van der Waals surface area contributed by atoms with Crippen LogP contribution in [-0.4, -0.2) is 43.9 Å². The number of hydrogen-bond donors (Lipinski definition) is 0. The zero-order chi connectivity index (χ0) is 14.8. The molecule has 0 radical (unpaired) electrons. The van der Waals surface area contributed by atoms with Crippen LogP contribution in [0.4, 0.5) is 0 Å². The van der Waals surface area contributed by atoms with Gasteiger partial charge in [0, 0.05) is 20.1 Å². The number of alkyl halides is 1. The Labute approximate surface area is 130 Å². The third-order valence-electron chi connectivity index (χ3n) is 4.41. The molecule has 1 fully saturated rings. The molecule has 1 aliphatic heterocycles. The summed E-state index contributed by atoms with van der Waals surface area (Å²) in [7, 11) is 2.00. The number of aryl methyl sites for hydroxylation is 2. The maximum atomic E-state index is 6.10. The van der Waals surface area contributed by atoms with Crippen molar-refractivity contribution in [1.29, 1.82) is 0 Å². The number of fused-ring (bicyclic) bond motifs is 1. The van der Waals surface area contributed by atoms with Gasteiger partial charge in [0.05, 0.1) is 11.6 Å². The van der Waals surface area contributed by atoms with E-state index in [1.54, 1.807) is 0 Å². The highest BCUT2D eigenvalue weighted by molar-refractivity contribution is 6.16. The van der Waals surface area contributed by atoms with Crippen LogP contribution in [0, 0.1) is 0 Å². The SMILES string of the molecule is CCc1nn(C)c2c1nc(CCl)n2CCN1CCCCC1. The molecule has 3 heterocycles. The first-order valence-corrected chi connectivity index (χ1v) is 8.47. The molecule has 116 valence electrons. The lowest BCUT2D eigenvalue weighted by Gasteiger charge is -2.26. The van der Waals surface area contributed by atoms with Crippen LogP contribution in [0.1, 0.15) is 37.7 Å². The molecular formula is C15H24ClN5. The van der Waals surface area contributed by atoms with E-state index < -0.39 is 0 Å². The van der Waals surface area contributed by atoms with Crippen LogP contribution >= 0.6 is 11.6 Å². The van der Waals surface area contributed by atoms with E-state index in [0.29, 0.717) is 5.88 Å². The summed E-state index contributed by atoms with van der Waals surface area (Å²) in [5.74, 6) is 1.42. The Morgan fingerprint density at radius 2 is 1.90 bits per heavy atom. The number of likely N-dealkylation sites (tertiary alicyclic amines) is 1. The number of rotatable bonds is 5. The van der Waals surface area contributed by atoms with Crippen LogP contribution in [0.3, 0.4) is 0 Å². The minimum Gasteiger partial charge on any atom is -0.311 e. The summed E-state index contributed by atoms with van der Waals surface area (Å²) in [6.07, 6.45) is 4.93. The maximum absolute atomic E-state index is 6.10. The van der Waals surface area contributed by atoms with Crippen molar-refractivity contribution in [2.45, 2.75) is 45.0 Å². The molecule has 6 heteroatoms. The number of aromatic nitrogens is 4. The van der Waals surface area contributed by atoms with Crippen molar-refractivity contribution in [2.75, 3.05) is 19.6 Å². The van der Waals surface area contributed by atoms with Crippen LogP contribution in [-0.2, 0) is 25.9 Å². The summed E-state index contributed by atoms with van der Waals surface area (Å²) in [5, 5.41) is 4.58. The first-order chi connectivity index (χ1) is 10.2. The summed E-state index contributed by atoms with van der Waals surface area (Å²) in [6, 6.07) is 0. The molecule has 0 aromatic carbocycles. The summed E-state index contributed by atoms with van der Waals surface area (Å²) in [6.45, 7) is 6.58. The highest BCUT2D eigenvalue weighted by atomic mass is 35.5. The fourth-order valence-electron chi connectivity index (χ4n) is 3.29. The minimum absolute atomic E-state index is 0.456. The lowest BCUT2D eigenvalue weighted by molar-refractivity contribution is 0.221. The van der Waals surface area contributed by atoms with Gasteiger partial charge in [-0.2, -0.15) is 5.10 Å². The zero-order valence-electron chi connectivity index (χ0n) is 13.0. The Balaban J connectivity index is 1.87. The van der Waals surface area contributed by atoms with E-state index in [1.807, 2.05) is 11.7 Å². The first kappa shape index (κ1) is 14.9. The van der Waals surface area contributed by atoms with Gasteiger partial charge in [0.25, 0.3) is 0 Å². The van der Waals surface area contributed by atoms with Gasteiger partial charge in [0.15, 0.2) is 5.65 Å². The standard InChI is InChI=1S/C15H24ClN5/c1-3-12-14-15(19(2)18-12)21(13(11-16)17-14)10-9-20-7-5-4-6-8-20/h3-11H2,1-2H3. The zero-order valence-corrected chi connectivity index (χ0v) is 13.7. The fourth-order valence-corrected chi connectivity index (χ4v) is 3.49. The third-order valence-corrected chi connectivity index (χ3v) is 4.65. The van der Waals surface area contributed by atoms with E-state index in [9.17, 15) is 0 Å². The highest BCUT2D eigenvalue weighted by Gasteiger charge is 2.19. The lowest BCUT2D eigenvalue weighted by Crippen LogP contribution is -2.32. The van der Waals surface area contributed by atoms with Gasteiger partial charge in [-0.1, -0.05) is 13.3 Å². The van der Waals surface area contributed by atoms with E-state index in [-0.39, 0.29) is 0 Å². The van der Waals surface area contributed by atoms with Crippen LogP contribution in [0.25, 0.3) is 11.2 Å². The number of halogens is 1. The molecule has 0 atom stereocenters. The molecule has 1 saturated heterocycles. The quantitative estimate of drug-likeness (QED) is 0.797. The summed E-state index contributed by atoms with van der Waals surface area (Å²) in [5.41, 5.74) is 3.20.